The second-order valence-electron chi connectivity index (χ2n) is 15.1. The summed E-state index contributed by atoms with van der Waals surface area (Å²) in [7, 11) is 0. The third kappa shape index (κ3) is 6.45. The maximum Gasteiger partial charge on any atom is 0.0562 e. The number of para-hydroxylation sites is 2. The van der Waals surface area contributed by atoms with Gasteiger partial charge in [0.2, 0.25) is 0 Å². The summed E-state index contributed by atoms with van der Waals surface area (Å²) in [6.45, 7) is 4.29. The molecule has 1 heterocycles. The van der Waals surface area contributed by atoms with Crippen molar-refractivity contribution in [1.29, 1.82) is 0 Å². The second-order valence-corrected chi connectivity index (χ2v) is 15.1. The van der Waals surface area contributed by atoms with Gasteiger partial charge in [-0.3, -0.25) is 0 Å². The Hall–Kier alpha value is -7.42. The molecule has 0 radical (unpaired) electrons. The Morgan fingerprint density at radius 3 is 1.55 bits per heavy atom. The highest BCUT2D eigenvalue weighted by Crippen LogP contribution is 2.44. The van der Waals surface area contributed by atoms with Crippen molar-refractivity contribution in [3.8, 4) is 50.2 Å². The van der Waals surface area contributed by atoms with E-state index in [1.54, 1.807) is 0 Å². The Labute approximate surface area is 340 Å². The summed E-state index contributed by atoms with van der Waals surface area (Å²) in [6.07, 6.45) is 0. The summed E-state index contributed by atoms with van der Waals surface area (Å²) in [5, 5.41) is 2.44. The lowest BCUT2D eigenvalue weighted by Crippen LogP contribution is -2.11. The highest BCUT2D eigenvalue weighted by Gasteiger charge is 2.21. The van der Waals surface area contributed by atoms with Gasteiger partial charge < -0.3 is 9.47 Å². The van der Waals surface area contributed by atoms with Crippen LogP contribution in [-0.4, -0.2) is 4.57 Å². The molecule has 276 valence electrons. The van der Waals surface area contributed by atoms with E-state index in [1.165, 1.54) is 71.9 Å². The molecule has 0 bridgehead atoms. The molecular formula is C56H42N2. The summed E-state index contributed by atoms with van der Waals surface area (Å²) in [5.74, 6) is 0. The molecule has 0 aliphatic heterocycles. The summed E-state index contributed by atoms with van der Waals surface area (Å²) >= 11 is 0. The van der Waals surface area contributed by atoms with Crippen LogP contribution in [0, 0.1) is 13.8 Å². The van der Waals surface area contributed by atoms with E-state index in [1.807, 2.05) is 0 Å². The van der Waals surface area contributed by atoms with Crippen LogP contribution in [0.3, 0.4) is 0 Å². The molecule has 0 N–H and O–H groups in total. The van der Waals surface area contributed by atoms with Crippen LogP contribution >= 0.6 is 0 Å². The van der Waals surface area contributed by atoms with E-state index in [9.17, 15) is 0 Å². The second kappa shape index (κ2) is 14.9. The van der Waals surface area contributed by atoms with Gasteiger partial charge in [-0.05, 0) is 89.7 Å². The van der Waals surface area contributed by atoms with Crippen molar-refractivity contribution < 1.29 is 0 Å². The normalized spacial score (nSPS) is 11.3. The molecular weight excluding hydrogens is 701 g/mol. The zero-order chi connectivity index (χ0) is 39.0. The van der Waals surface area contributed by atoms with Gasteiger partial charge in [0.05, 0.1) is 22.4 Å². The van der Waals surface area contributed by atoms with Crippen LogP contribution < -0.4 is 4.90 Å². The number of anilines is 3. The zero-order valence-corrected chi connectivity index (χ0v) is 32.7. The standard InChI is InChI=1S/C56H42N2/c1-39-21-25-43(26-22-39)46-31-35-50(45-27-23-40(2)24-28-45)55(37-46)58-54-20-12-10-18-51(54)52-36-34-48(38-56(52)58)57(47-32-29-42(30-33-47)41-13-5-3-6-14-41)53-19-11-9-17-49(53)44-15-7-4-8-16-44/h3-38H,1-2H3. The minimum atomic E-state index is 1.08. The lowest BCUT2D eigenvalue weighted by Gasteiger charge is -2.28. The van der Waals surface area contributed by atoms with Crippen LogP contribution in [0.1, 0.15) is 11.1 Å². The van der Waals surface area contributed by atoms with Gasteiger partial charge in [0.25, 0.3) is 0 Å². The Kier molecular flexibility index (Phi) is 9.01. The maximum absolute atomic E-state index is 2.49. The average Bonchev–Trinajstić information content (AvgIpc) is 3.61. The van der Waals surface area contributed by atoms with Crippen LogP contribution in [0.15, 0.2) is 218 Å². The number of benzene rings is 9. The quantitative estimate of drug-likeness (QED) is 0.150. The van der Waals surface area contributed by atoms with E-state index in [2.05, 4.69) is 242 Å². The number of nitrogens with zero attached hydrogens (tertiary/aromatic N) is 2. The largest absolute Gasteiger partial charge is 0.310 e. The van der Waals surface area contributed by atoms with Gasteiger partial charge >= 0.3 is 0 Å². The molecule has 0 saturated heterocycles. The van der Waals surface area contributed by atoms with Crippen molar-refractivity contribution in [2.24, 2.45) is 0 Å². The first-order chi connectivity index (χ1) is 28.6. The summed E-state index contributed by atoms with van der Waals surface area (Å²) in [5.41, 5.74) is 18.8. The molecule has 0 saturated carbocycles. The third-order valence-corrected chi connectivity index (χ3v) is 11.4. The molecule has 0 amide bonds. The van der Waals surface area contributed by atoms with Gasteiger partial charge in [0.1, 0.15) is 0 Å². The fraction of sp³-hybridized carbons (Fsp3) is 0.0357. The Morgan fingerprint density at radius 1 is 0.328 bits per heavy atom. The average molecular weight is 743 g/mol. The van der Waals surface area contributed by atoms with Crippen LogP contribution in [0.5, 0.6) is 0 Å². The number of aromatic nitrogens is 1. The first-order valence-electron chi connectivity index (χ1n) is 20.0. The molecule has 9 aromatic carbocycles. The number of rotatable bonds is 8. The molecule has 2 nitrogen and oxygen atoms in total. The predicted molar refractivity (Wildman–Crippen MR) is 247 cm³/mol. The van der Waals surface area contributed by atoms with E-state index in [0.717, 1.165) is 28.3 Å². The smallest absolute Gasteiger partial charge is 0.0562 e. The molecule has 0 spiro atoms. The van der Waals surface area contributed by atoms with Crippen LogP contribution in [-0.2, 0) is 0 Å². The molecule has 10 aromatic rings. The summed E-state index contributed by atoms with van der Waals surface area (Å²) < 4.78 is 2.49. The highest BCUT2D eigenvalue weighted by molar-refractivity contribution is 6.11. The SMILES string of the molecule is Cc1ccc(-c2ccc(-c3ccc(C)cc3)c(-n3c4ccccc4c4ccc(N(c5ccc(-c6ccccc6)cc5)c5ccccc5-c5ccccc5)cc43)c2)cc1. The first-order valence-corrected chi connectivity index (χ1v) is 20.0. The van der Waals surface area contributed by atoms with Crippen molar-refractivity contribution in [3.05, 3.63) is 230 Å². The molecule has 0 atom stereocenters. The van der Waals surface area contributed by atoms with Gasteiger partial charge in [-0.25, -0.2) is 0 Å². The molecule has 10 rings (SSSR count). The number of aryl methyl sites for hydroxylation is 2. The Bertz CT molecular complexity index is 3030. The van der Waals surface area contributed by atoms with Gasteiger partial charge in [-0.1, -0.05) is 187 Å². The van der Waals surface area contributed by atoms with Crippen molar-refractivity contribution in [3.63, 3.8) is 0 Å². The van der Waals surface area contributed by atoms with Crippen LogP contribution in [0.4, 0.5) is 17.1 Å². The molecule has 2 heteroatoms. The molecule has 0 aliphatic rings. The van der Waals surface area contributed by atoms with Crippen LogP contribution in [0.25, 0.3) is 72.0 Å². The molecule has 0 unspecified atom stereocenters. The van der Waals surface area contributed by atoms with Crippen molar-refractivity contribution >= 4 is 38.9 Å². The molecule has 58 heavy (non-hydrogen) atoms. The minimum absolute atomic E-state index is 1.08. The minimum Gasteiger partial charge on any atom is -0.310 e. The van der Waals surface area contributed by atoms with Crippen molar-refractivity contribution in [2.75, 3.05) is 4.90 Å². The number of hydrogen-bond donors (Lipinski definition) is 0. The lowest BCUT2D eigenvalue weighted by atomic mass is 9.97. The third-order valence-electron chi connectivity index (χ3n) is 11.4. The summed E-state index contributed by atoms with van der Waals surface area (Å²) in [4.78, 5) is 2.42. The van der Waals surface area contributed by atoms with Crippen molar-refractivity contribution in [2.45, 2.75) is 13.8 Å². The van der Waals surface area contributed by atoms with E-state index in [-0.39, 0.29) is 0 Å². The molecule has 1 aromatic heterocycles. The fourth-order valence-electron chi connectivity index (χ4n) is 8.37. The van der Waals surface area contributed by atoms with E-state index in [4.69, 9.17) is 0 Å². The highest BCUT2D eigenvalue weighted by atomic mass is 15.1. The zero-order valence-electron chi connectivity index (χ0n) is 32.7. The number of fused-ring (bicyclic) bond motifs is 3. The monoisotopic (exact) mass is 742 g/mol. The topological polar surface area (TPSA) is 8.17 Å². The number of hydrogen-bond acceptors (Lipinski definition) is 1. The predicted octanol–water partition coefficient (Wildman–Crippen LogP) is 15.5. The van der Waals surface area contributed by atoms with Gasteiger partial charge in [-0.15, -0.1) is 0 Å². The van der Waals surface area contributed by atoms with Gasteiger partial charge in [0, 0.05) is 33.3 Å². The molecule has 0 aliphatic carbocycles. The van der Waals surface area contributed by atoms with Gasteiger partial charge in [-0.2, -0.15) is 0 Å². The van der Waals surface area contributed by atoms with Crippen molar-refractivity contribution in [1.82, 2.24) is 4.57 Å². The first kappa shape index (κ1) is 35.0. The Morgan fingerprint density at radius 2 is 0.828 bits per heavy atom. The van der Waals surface area contributed by atoms with Gasteiger partial charge in [0.15, 0.2) is 0 Å². The van der Waals surface area contributed by atoms with E-state index < -0.39 is 0 Å². The Balaban J connectivity index is 1.23. The van der Waals surface area contributed by atoms with Crippen LogP contribution in [0.2, 0.25) is 0 Å². The van der Waals surface area contributed by atoms with E-state index >= 15 is 0 Å². The lowest BCUT2D eigenvalue weighted by molar-refractivity contribution is 1.18. The fourth-order valence-corrected chi connectivity index (χ4v) is 8.37. The summed E-state index contributed by atoms with van der Waals surface area (Å²) in [6, 6.07) is 79.6. The molecule has 0 fully saturated rings. The maximum atomic E-state index is 2.49. The van der Waals surface area contributed by atoms with E-state index in [0.29, 0.717) is 0 Å².